The van der Waals surface area contributed by atoms with E-state index < -0.39 is 4.92 Å². The molecule has 2 rings (SSSR count). The number of nitrogens with zero attached hydrogens (tertiary/aromatic N) is 2. The van der Waals surface area contributed by atoms with Gasteiger partial charge in [0.15, 0.2) is 0 Å². The minimum absolute atomic E-state index is 0.0246. The van der Waals surface area contributed by atoms with Gasteiger partial charge in [0.1, 0.15) is 5.69 Å². The van der Waals surface area contributed by atoms with E-state index in [1.54, 1.807) is 13.0 Å². The predicted molar refractivity (Wildman–Crippen MR) is 57.7 cm³/mol. The zero-order valence-electron chi connectivity index (χ0n) is 8.51. The molecule has 1 aromatic carbocycles. The molecule has 2 aromatic rings. The standard InChI is InChI=1S/C10H9N3O3/c1-6-2-7(4-8(3-6)13(14)15)9-5-10(11)16-12-9/h2-5H,11H2,1H3. The molecular formula is C10H9N3O3. The van der Waals surface area contributed by atoms with Crippen LogP contribution >= 0.6 is 0 Å². The summed E-state index contributed by atoms with van der Waals surface area (Å²) in [5.41, 5.74) is 7.30. The lowest BCUT2D eigenvalue weighted by molar-refractivity contribution is -0.384. The number of aromatic nitrogens is 1. The summed E-state index contributed by atoms with van der Waals surface area (Å²) in [5, 5.41) is 14.4. The molecule has 16 heavy (non-hydrogen) atoms. The van der Waals surface area contributed by atoms with Crippen molar-refractivity contribution in [3.05, 3.63) is 39.9 Å². The Morgan fingerprint density at radius 3 is 2.69 bits per heavy atom. The molecule has 0 fully saturated rings. The Hall–Kier alpha value is -2.37. The van der Waals surface area contributed by atoms with Gasteiger partial charge >= 0.3 is 0 Å². The summed E-state index contributed by atoms with van der Waals surface area (Å²) >= 11 is 0. The largest absolute Gasteiger partial charge is 0.368 e. The van der Waals surface area contributed by atoms with Crippen LogP contribution in [-0.2, 0) is 0 Å². The molecule has 0 saturated heterocycles. The van der Waals surface area contributed by atoms with Crippen LogP contribution < -0.4 is 5.73 Å². The number of rotatable bonds is 2. The molecule has 0 aliphatic carbocycles. The fourth-order valence-corrected chi connectivity index (χ4v) is 1.44. The van der Waals surface area contributed by atoms with Crippen LogP contribution in [0.5, 0.6) is 0 Å². The molecule has 0 unspecified atom stereocenters. The third-order valence-electron chi connectivity index (χ3n) is 2.10. The van der Waals surface area contributed by atoms with Crippen molar-refractivity contribution >= 4 is 11.6 Å². The predicted octanol–water partition coefficient (Wildman–Crippen LogP) is 2.14. The molecular weight excluding hydrogens is 210 g/mol. The quantitative estimate of drug-likeness (QED) is 0.616. The second-order valence-electron chi connectivity index (χ2n) is 3.43. The maximum atomic E-state index is 10.7. The van der Waals surface area contributed by atoms with Gasteiger partial charge in [-0.3, -0.25) is 10.1 Å². The molecule has 6 nitrogen and oxygen atoms in total. The van der Waals surface area contributed by atoms with Crippen molar-refractivity contribution in [3.63, 3.8) is 0 Å². The van der Waals surface area contributed by atoms with Gasteiger partial charge in [-0.15, -0.1) is 0 Å². The second kappa shape index (κ2) is 3.65. The lowest BCUT2D eigenvalue weighted by atomic mass is 10.1. The number of nitrogen functional groups attached to an aromatic ring is 1. The number of nitrogens with two attached hydrogens (primary N) is 1. The highest BCUT2D eigenvalue weighted by molar-refractivity contribution is 5.65. The van der Waals surface area contributed by atoms with Crippen LogP contribution in [0.2, 0.25) is 0 Å². The molecule has 0 saturated carbocycles. The van der Waals surface area contributed by atoms with Crippen LogP contribution in [0.15, 0.2) is 28.8 Å². The van der Waals surface area contributed by atoms with E-state index in [1.807, 2.05) is 0 Å². The molecule has 6 heteroatoms. The van der Waals surface area contributed by atoms with Gasteiger partial charge in [-0.2, -0.15) is 0 Å². The van der Waals surface area contributed by atoms with E-state index in [9.17, 15) is 10.1 Å². The molecule has 82 valence electrons. The SMILES string of the molecule is Cc1cc(-c2cc(N)on2)cc([N+](=O)[O-])c1. The minimum Gasteiger partial charge on any atom is -0.368 e. The molecule has 0 radical (unpaired) electrons. The van der Waals surface area contributed by atoms with Gasteiger partial charge in [-0.1, -0.05) is 5.16 Å². The topological polar surface area (TPSA) is 95.2 Å². The normalized spacial score (nSPS) is 10.3. The summed E-state index contributed by atoms with van der Waals surface area (Å²) in [5.74, 6) is 0.180. The maximum absolute atomic E-state index is 10.7. The number of aryl methyl sites for hydroxylation is 1. The van der Waals surface area contributed by atoms with E-state index in [2.05, 4.69) is 5.16 Å². The van der Waals surface area contributed by atoms with Gasteiger partial charge in [0, 0.05) is 23.8 Å². The number of hydrogen-bond acceptors (Lipinski definition) is 5. The van der Waals surface area contributed by atoms with Gasteiger partial charge in [0.2, 0.25) is 5.88 Å². The number of non-ortho nitro benzene ring substituents is 1. The maximum Gasteiger partial charge on any atom is 0.270 e. The Labute approximate surface area is 90.8 Å². The van der Waals surface area contributed by atoms with Gasteiger partial charge < -0.3 is 10.3 Å². The fourth-order valence-electron chi connectivity index (χ4n) is 1.44. The summed E-state index contributed by atoms with van der Waals surface area (Å²) in [6.45, 7) is 1.78. The molecule has 0 bridgehead atoms. The average Bonchev–Trinajstić information content (AvgIpc) is 2.64. The van der Waals surface area contributed by atoms with E-state index in [0.717, 1.165) is 5.56 Å². The molecule has 0 spiro atoms. The van der Waals surface area contributed by atoms with Crippen LogP contribution in [-0.4, -0.2) is 10.1 Å². The minimum atomic E-state index is -0.445. The molecule has 2 N–H and O–H groups in total. The van der Waals surface area contributed by atoms with Crippen LogP contribution in [0.4, 0.5) is 11.6 Å². The third-order valence-corrected chi connectivity index (χ3v) is 2.10. The van der Waals surface area contributed by atoms with Gasteiger partial charge in [-0.05, 0) is 18.6 Å². The van der Waals surface area contributed by atoms with Crippen molar-refractivity contribution in [3.8, 4) is 11.3 Å². The number of anilines is 1. The summed E-state index contributed by atoms with van der Waals surface area (Å²) in [6, 6.07) is 6.24. The van der Waals surface area contributed by atoms with Crippen LogP contribution in [0.25, 0.3) is 11.3 Å². The number of hydrogen-bond donors (Lipinski definition) is 1. The highest BCUT2D eigenvalue weighted by Gasteiger charge is 2.11. The Kier molecular flexibility index (Phi) is 2.32. The zero-order valence-corrected chi connectivity index (χ0v) is 8.51. The molecule has 1 aromatic heterocycles. The summed E-state index contributed by atoms with van der Waals surface area (Å²) in [6.07, 6.45) is 0. The first-order valence-electron chi connectivity index (χ1n) is 4.55. The highest BCUT2D eigenvalue weighted by Crippen LogP contribution is 2.25. The van der Waals surface area contributed by atoms with E-state index >= 15 is 0 Å². The Bertz CT molecular complexity index is 548. The average molecular weight is 219 g/mol. The molecule has 0 amide bonds. The van der Waals surface area contributed by atoms with Gasteiger partial charge in [-0.25, -0.2) is 0 Å². The monoisotopic (exact) mass is 219 g/mol. The van der Waals surface area contributed by atoms with E-state index in [-0.39, 0.29) is 11.6 Å². The first-order chi connectivity index (χ1) is 7.56. The lowest BCUT2D eigenvalue weighted by Crippen LogP contribution is -1.90. The Balaban J connectivity index is 2.53. The van der Waals surface area contributed by atoms with Crippen LogP contribution in [0.3, 0.4) is 0 Å². The van der Waals surface area contributed by atoms with E-state index in [0.29, 0.717) is 11.3 Å². The fraction of sp³-hybridized carbons (Fsp3) is 0.100. The zero-order chi connectivity index (χ0) is 11.7. The van der Waals surface area contributed by atoms with Crippen LogP contribution in [0, 0.1) is 17.0 Å². The number of nitro benzene ring substituents is 1. The Morgan fingerprint density at radius 2 is 2.12 bits per heavy atom. The van der Waals surface area contributed by atoms with Gasteiger partial charge in [0.05, 0.1) is 4.92 Å². The number of nitro groups is 1. The third kappa shape index (κ3) is 1.85. The summed E-state index contributed by atoms with van der Waals surface area (Å²) in [4.78, 5) is 10.2. The van der Waals surface area contributed by atoms with Crippen molar-refractivity contribution in [1.29, 1.82) is 0 Å². The molecule has 0 aliphatic heterocycles. The van der Waals surface area contributed by atoms with Crippen molar-refractivity contribution in [2.45, 2.75) is 6.92 Å². The first-order valence-corrected chi connectivity index (χ1v) is 4.55. The highest BCUT2D eigenvalue weighted by atomic mass is 16.6. The molecule has 0 atom stereocenters. The van der Waals surface area contributed by atoms with E-state index in [4.69, 9.17) is 10.3 Å². The van der Waals surface area contributed by atoms with Crippen LogP contribution in [0.1, 0.15) is 5.56 Å². The summed E-state index contributed by atoms with van der Waals surface area (Å²) in [7, 11) is 0. The van der Waals surface area contributed by atoms with Crippen molar-refractivity contribution in [2.75, 3.05) is 5.73 Å². The molecule has 1 heterocycles. The Morgan fingerprint density at radius 1 is 1.38 bits per heavy atom. The lowest BCUT2D eigenvalue weighted by Gasteiger charge is -1.98. The van der Waals surface area contributed by atoms with Crippen molar-refractivity contribution in [1.82, 2.24) is 5.16 Å². The first kappa shape index (κ1) is 10.2. The summed E-state index contributed by atoms with van der Waals surface area (Å²) < 4.78 is 4.72. The smallest absolute Gasteiger partial charge is 0.270 e. The second-order valence-corrected chi connectivity index (χ2v) is 3.43. The van der Waals surface area contributed by atoms with Crippen molar-refractivity contribution in [2.24, 2.45) is 0 Å². The van der Waals surface area contributed by atoms with Gasteiger partial charge in [0.25, 0.3) is 5.69 Å². The van der Waals surface area contributed by atoms with Crippen molar-refractivity contribution < 1.29 is 9.45 Å². The molecule has 0 aliphatic rings. The van der Waals surface area contributed by atoms with E-state index in [1.165, 1.54) is 18.2 Å². The number of benzene rings is 1.